The molecule has 2 rings (SSSR count). The molecule has 1 saturated carbocycles. The monoisotopic (exact) mass is 277 g/mol. The Morgan fingerprint density at radius 3 is 2.70 bits per heavy atom. The van der Waals surface area contributed by atoms with E-state index in [2.05, 4.69) is 18.7 Å². The Kier molecular flexibility index (Phi) is 4.31. The van der Waals surface area contributed by atoms with Gasteiger partial charge in [0.25, 0.3) is 0 Å². The van der Waals surface area contributed by atoms with Gasteiger partial charge in [-0.25, -0.2) is 4.79 Å². The largest absolute Gasteiger partial charge is 0.460 e. The van der Waals surface area contributed by atoms with Gasteiger partial charge in [0.1, 0.15) is 6.61 Å². The number of carbonyl (C=O) groups is 2. The minimum Gasteiger partial charge on any atom is -0.460 e. The van der Waals surface area contributed by atoms with Crippen LogP contribution in [0.4, 0.5) is 0 Å². The second-order valence-electron chi connectivity index (χ2n) is 5.82. The van der Waals surface area contributed by atoms with Crippen LogP contribution in [0, 0.1) is 11.3 Å². The van der Waals surface area contributed by atoms with Gasteiger partial charge < -0.3 is 9.64 Å². The van der Waals surface area contributed by atoms with Crippen LogP contribution < -0.4 is 0 Å². The molecule has 0 aromatic rings. The van der Waals surface area contributed by atoms with Crippen LogP contribution in [0.3, 0.4) is 0 Å². The average molecular weight is 277 g/mol. The van der Waals surface area contributed by atoms with E-state index < -0.39 is 5.97 Å². The molecule has 4 nitrogen and oxygen atoms in total. The van der Waals surface area contributed by atoms with Gasteiger partial charge in [-0.3, -0.25) is 4.79 Å². The number of ether oxygens (including phenoxy) is 1. The van der Waals surface area contributed by atoms with Gasteiger partial charge >= 0.3 is 5.97 Å². The fraction of sp³-hybridized carbons (Fsp3) is 0.625. The molecule has 4 heteroatoms. The van der Waals surface area contributed by atoms with E-state index in [1.807, 2.05) is 6.92 Å². The zero-order valence-electron chi connectivity index (χ0n) is 12.4. The first-order valence-electron chi connectivity index (χ1n) is 7.30. The van der Waals surface area contributed by atoms with Crippen molar-refractivity contribution < 1.29 is 14.3 Å². The molecular weight excluding hydrogens is 254 g/mol. The lowest BCUT2D eigenvalue weighted by molar-refractivity contribution is -0.144. The van der Waals surface area contributed by atoms with E-state index in [1.165, 1.54) is 0 Å². The number of amides is 1. The summed E-state index contributed by atoms with van der Waals surface area (Å²) in [7, 11) is 0. The Labute approximate surface area is 120 Å². The quantitative estimate of drug-likeness (QED) is 0.425. The number of rotatable bonds is 6. The van der Waals surface area contributed by atoms with Crippen molar-refractivity contribution in [2.24, 2.45) is 11.3 Å². The summed E-state index contributed by atoms with van der Waals surface area (Å²) in [6, 6.07) is 0. The molecule has 0 aliphatic heterocycles. The summed E-state index contributed by atoms with van der Waals surface area (Å²) in [5.41, 5.74) is 0.106. The summed E-state index contributed by atoms with van der Waals surface area (Å²) in [4.78, 5) is 25.8. The molecule has 2 aliphatic rings. The topological polar surface area (TPSA) is 46.6 Å². The standard InChI is InChI=1S/C16H23NO3/c1-4-17(9-10-20-14(18)12(2)3)15(19)16-7-5-13(11-16)6-8-16/h5,7,13H,2,4,6,8-11H2,1,3H3. The lowest BCUT2D eigenvalue weighted by atomic mass is 9.86. The number of esters is 1. The van der Waals surface area contributed by atoms with E-state index >= 15 is 0 Å². The second kappa shape index (κ2) is 5.81. The normalized spacial score (nSPS) is 26.6. The summed E-state index contributed by atoms with van der Waals surface area (Å²) >= 11 is 0. The van der Waals surface area contributed by atoms with Crippen LogP contribution in [0.25, 0.3) is 0 Å². The Morgan fingerprint density at radius 2 is 2.25 bits per heavy atom. The predicted molar refractivity (Wildman–Crippen MR) is 76.9 cm³/mol. The van der Waals surface area contributed by atoms with Gasteiger partial charge in [-0.2, -0.15) is 0 Å². The van der Waals surface area contributed by atoms with Crippen LogP contribution >= 0.6 is 0 Å². The molecule has 0 spiro atoms. The fourth-order valence-corrected chi connectivity index (χ4v) is 3.11. The smallest absolute Gasteiger partial charge is 0.333 e. The van der Waals surface area contributed by atoms with E-state index in [0.29, 0.717) is 24.6 Å². The molecule has 0 aromatic heterocycles. The van der Waals surface area contributed by atoms with Crippen molar-refractivity contribution in [2.75, 3.05) is 19.7 Å². The van der Waals surface area contributed by atoms with E-state index in [1.54, 1.807) is 11.8 Å². The maximum Gasteiger partial charge on any atom is 0.333 e. The van der Waals surface area contributed by atoms with Crippen molar-refractivity contribution >= 4 is 11.9 Å². The summed E-state index contributed by atoms with van der Waals surface area (Å²) in [5.74, 6) is 0.370. The molecule has 0 radical (unpaired) electrons. The van der Waals surface area contributed by atoms with Crippen molar-refractivity contribution in [3.63, 3.8) is 0 Å². The number of likely N-dealkylation sites (N-methyl/N-ethyl adjacent to an activating group) is 1. The lowest BCUT2D eigenvalue weighted by Crippen LogP contribution is -2.43. The van der Waals surface area contributed by atoms with Crippen molar-refractivity contribution in [2.45, 2.75) is 33.1 Å². The highest BCUT2D eigenvalue weighted by molar-refractivity contribution is 5.87. The highest BCUT2D eigenvalue weighted by Gasteiger charge is 2.47. The average Bonchev–Trinajstić information content (AvgIpc) is 3.04. The molecule has 2 aliphatic carbocycles. The first kappa shape index (κ1) is 14.8. The minimum atomic E-state index is -0.395. The van der Waals surface area contributed by atoms with Gasteiger partial charge in [0.15, 0.2) is 0 Å². The molecule has 0 saturated heterocycles. The third-order valence-corrected chi connectivity index (χ3v) is 4.31. The molecule has 1 fully saturated rings. The second-order valence-corrected chi connectivity index (χ2v) is 5.82. The molecule has 0 N–H and O–H groups in total. The summed E-state index contributed by atoms with van der Waals surface area (Å²) in [6.45, 7) is 8.44. The molecule has 20 heavy (non-hydrogen) atoms. The maximum absolute atomic E-state index is 12.7. The van der Waals surface area contributed by atoms with Gasteiger partial charge in [-0.05, 0) is 39.0 Å². The summed E-state index contributed by atoms with van der Waals surface area (Å²) < 4.78 is 5.08. The van der Waals surface area contributed by atoms with Crippen molar-refractivity contribution in [1.82, 2.24) is 4.90 Å². The van der Waals surface area contributed by atoms with E-state index in [4.69, 9.17) is 4.74 Å². The Balaban J connectivity index is 1.89. The number of hydrogen-bond donors (Lipinski definition) is 0. The number of hydrogen-bond acceptors (Lipinski definition) is 3. The van der Waals surface area contributed by atoms with Crippen molar-refractivity contribution in [3.8, 4) is 0 Å². The van der Waals surface area contributed by atoms with Crippen LogP contribution in [-0.4, -0.2) is 36.5 Å². The van der Waals surface area contributed by atoms with Crippen LogP contribution in [-0.2, 0) is 14.3 Å². The highest BCUT2D eigenvalue weighted by atomic mass is 16.5. The fourth-order valence-electron chi connectivity index (χ4n) is 3.11. The van der Waals surface area contributed by atoms with Gasteiger partial charge in [0, 0.05) is 12.1 Å². The Hall–Kier alpha value is -1.58. The number of carbonyl (C=O) groups excluding carboxylic acids is 2. The third kappa shape index (κ3) is 2.79. The first-order chi connectivity index (χ1) is 9.48. The lowest BCUT2D eigenvalue weighted by Gasteiger charge is -2.30. The molecule has 1 amide bonds. The van der Waals surface area contributed by atoms with Crippen LogP contribution in [0.1, 0.15) is 33.1 Å². The molecule has 0 heterocycles. The number of fused-ring (bicyclic) bond motifs is 2. The zero-order chi connectivity index (χ0) is 14.8. The highest BCUT2D eigenvalue weighted by Crippen LogP contribution is 2.50. The van der Waals surface area contributed by atoms with Gasteiger partial charge in [0.05, 0.1) is 12.0 Å². The minimum absolute atomic E-state index is 0.183. The summed E-state index contributed by atoms with van der Waals surface area (Å²) in [6.07, 6.45) is 7.29. The maximum atomic E-state index is 12.7. The number of nitrogens with zero attached hydrogens (tertiary/aromatic N) is 1. The van der Waals surface area contributed by atoms with E-state index in [-0.39, 0.29) is 17.9 Å². The third-order valence-electron chi connectivity index (χ3n) is 4.31. The molecular formula is C16H23NO3. The van der Waals surface area contributed by atoms with Gasteiger partial charge in [-0.15, -0.1) is 0 Å². The Bertz CT molecular complexity index is 455. The molecule has 2 unspecified atom stereocenters. The summed E-state index contributed by atoms with van der Waals surface area (Å²) in [5, 5.41) is 0. The first-order valence-corrected chi connectivity index (χ1v) is 7.30. The number of allylic oxidation sites excluding steroid dienone is 1. The predicted octanol–water partition coefficient (Wildman–Crippen LogP) is 2.31. The van der Waals surface area contributed by atoms with Gasteiger partial charge in [0.2, 0.25) is 5.91 Å². The van der Waals surface area contributed by atoms with Gasteiger partial charge in [-0.1, -0.05) is 18.7 Å². The van der Waals surface area contributed by atoms with E-state index in [9.17, 15) is 9.59 Å². The van der Waals surface area contributed by atoms with Crippen LogP contribution in [0.15, 0.2) is 24.3 Å². The Morgan fingerprint density at radius 1 is 1.50 bits per heavy atom. The molecule has 0 aromatic carbocycles. The molecule has 2 bridgehead atoms. The van der Waals surface area contributed by atoms with E-state index in [0.717, 1.165) is 19.3 Å². The van der Waals surface area contributed by atoms with Crippen molar-refractivity contribution in [3.05, 3.63) is 24.3 Å². The zero-order valence-corrected chi connectivity index (χ0v) is 12.4. The van der Waals surface area contributed by atoms with Crippen molar-refractivity contribution in [1.29, 1.82) is 0 Å². The van der Waals surface area contributed by atoms with Crippen LogP contribution in [0.5, 0.6) is 0 Å². The molecule has 110 valence electrons. The SMILES string of the molecule is C=C(C)C(=O)OCCN(CC)C(=O)C12C=CC(CC1)C2. The molecule has 2 atom stereocenters. The van der Waals surface area contributed by atoms with Crippen LogP contribution in [0.2, 0.25) is 0 Å².